The summed E-state index contributed by atoms with van der Waals surface area (Å²) in [4.78, 5) is 8.82. The molecule has 3 heterocycles. The van der Waals surface area contributed by atoms with Gasteiger partial charge in [0, 0.05) is 42.3 Å². The lowest BCUT2D eigenvalue weighted by Crippen LogP contribution is -1.95. The number of hydrogen-bond donors (Lipinski definition) is 0. The van der Waals surface area contributed by atoms with Gasteiger partial charge in [0.1, 0.15) is 5.82 Å². The largest absolute Gasteiger partial charge is 0.343 e. The number of halogens is 1. The molecule has 0 aliphatic heterocycles. The molecule has 1 aromatic carbocycles. The quantitative estimate of drug-likeness (QED) is 0.512. The molecule has 0 N–H and O–H groups in total. The van der Waals surface area contributed by atoms with Crippen LogP contribution in [0.3, 0.4) is 0 Å². The third-order valence-electron chi connectivity index (χ3n) is 4.75. The Balaban J connectivity index is 1.52. The van der Waals surface area contributed by atoms with E-state index in [0.717, 1.165) is 47.2 Å². The number of rotatable bonds is 5. The summed E-state index contributed by atoms with van der Waals surface area (Å²) in [6.45, 7) is 0. The van der Waals surface area contributed by atoms with Crippen LogP contribution < -0.4 is 0 Å². The van der Waals surface area contributed by atoms with Crippen molar-refractivity contribution in [2.75, 3.05) is 0 Å². The van der Waals surface area contributed by atoms with E-state index in [2.05, 4.69) is 39.8 Å². The second-order valence-electron chi connectivity index (χ2n) is 6.54. The van der Waals surface area contributed by atoms with Gasteiger partial charge in [-0.3, -0.25) is 9.97 Å². The van der Waals surface area contributed by atoms with Crippen molar-refractivity contribution in [3.8, 4) is 11.3 Å². The molecule has 0 aliphatic rings. The molecule has 0 saturated carbocycles. The van der Waals surface area contributed by atoms with E-state index in [1.807, 2.05) is 30.6 Å². The number of aromatic nitrogens is 3. The maximum absolute atomic E-state index is 13.0. The zero-order chi connectivity index (χ0) is 17.9. The van der Waals surface area contributed by atoms with Gasteiger partial charge in [0.05, 0.1) is 11.2 Å². The fraction of sp³-hybridized carbons (Fsp3) is 0.182. The number of benzene rings is 1. The van der Waals surface area contributed by atoms with Gasteiger partial charge in [0.2, 0.25) is 0 Å². The van der Waals surface area contributed by atoms with Crippen LogP contribution in [-0.2, 0) is 19.9 Å². The molecule has 4 aromatic rings. The highest BCUT2D eigenvalue weighted by Gasteiger charge is 2.09. The van der Waals surface area contributed by atoms with E-state index in [4.69, 9.17) is 0 Å². The highest BCUT2D eigenvalue weighted by molar-refractivity contribution is 5.86. The first-order valence-electron chi connectivity index (χ1n) is 8.80. The Morgan fingerprint density at radius 3 is 2.62 bits per heavy atom. The van der Waals surface area contributed by atoms with Crippen LogP contribution >= 0.6 is 0 Å². The summed E-state index contributed by atoms with van der Waals surface area (Å²) in [6, 6.07) is 15.1. The normalized spacial score (nSPS) is 11.2. The maximum atomic E-state index is 13.0. The van der Waals surface area contributed by atoms with Gasteiger partial charge in [-0.05, 0) is 61.2 Å². The van der Waals surface area contributed by atoms with Crippen LogP contribution in [0.1, 0.15) is 17.7 Å². The molecular weight excluding hydrogens is 325 g/mol. The summed E-state index contributed by atoms with van der Waals surface area (Å²) < 4.78 is 15.2. The highest BCUT2D eigenvalue weighted by Crippen LogP contribution is 2.26. The topological polar surface area (TPSA) is 30.7 Å². The van der Waals surface area contributed by atoms with E-state index in [1.165, 1.54) is 17.6 Å². The Bertz CT molecular complexity index is 1020. The van der Waals surface area contributed by atoms with Gasteiger partial charge in [-0.1, -0.05) is 12.1 Å². The van der Waals surface area contributed by atoms with E-state index < -0.39 is 0 Å². The lowest BCUT2D eigenvalue weighted by molar-refractivity contribution is 0.626. The number of hydrogen-bond acceptors (Lipinski definition) is 2. The molecule has 0 bridgehead atoms. The second-order valence-corrected chi connectivity index (χ2v) is 6.54. The van der Waals surface area contributed by atoms with Crippen LogP contribution in [0.4, 0.5) is 4.39 Å². The Labute approximate surface area is 152 Å². The molecule has 3 aromatic heterocycles. The van der Waals surface area contributed by atoms with E-state index >= 15 is 0 Å². The van der Waals surface area contributed by atoms with Gasteiger partial charge in [0.15, 0.2) is 0 Å². The third kappa shape index (κ3) is 3.36. The Hall–Kier alpha value is -3.01. The average Bonchev–Trinajstić information content (AvgIpc) is 3.00. The number of nitrogens with zero attached hydrogens (tertiary/aromatic N) is 3. The number of aryl methyl sites for hydroxylation is 3. The standard InChI is InChI=1S/C22H20FN3/c1-26-21(17-5-3-11-24-14-17)12-18-15-25-20(13-22(18)26)6-2-4-16-7-9-19(23)10-8-16/h3,5,7-15H,2,4,6H2,1H3. The van der Waals surface area contributed by atoms with Crippen LogP contribution in [-0.4, -0.2) is 14.5 Å². The van der Waals surface area contributed by atoms with Gasteiger partial charge in [0.25, 0.3) is 0 Å². The van der Waals surface area contributed by atoms with E-state index in [-0.39, 0.29) is 5.82 Å². The first kappa shape index (κ1) is 16.5. The van der Waals surface area contributed by atoms with Crippen LogP contribution in [0.15, 0.2) is 67.1 Å². The summed E-state index contributed by atoms with van der Waals surface area (Å²) in [5.41, 5.74) is 5.65. The van der Waals surface area contributed by atoms with Crippen molar-refractivity contribution >= 4 is 10.9 Å². The summed E-state index contributed by atoms with van der Waals surface area (Å²) in [6.07, 6.45) is 8.43. The van der Waals surface area contributed by atoms with Crippen LogP contribution in [0, 0.1) is 5.82 Å². The summed E-state index contributed by atoms with van der Waals surface area (Å²) in [5.74, 6) is -0.186. The minimum atomic E-state index is -0.186. The number of fused-ring (bicyclic) bond motifs is 1. The Kier molecular flexibility index (Phi) is 4.48. The lowest BCUT2D eigenvalue weighted by atomic mass is 10.1. The van der Waals surface area contributed by atoms with Crippen molar-refractivity contribution in [2.45, 2.75) is 19.3 Å². The summed E-state index contributed by atoms with van der Waals surface area (Å²) in [5, 5.41) is 1.13. The van der Waals surface area contributed by atoms with Gasteiger partial charge in [-0.2, -0.15) is 0 Å². The van der Waals surface area contributed by atoms with Gasteiger partial charge < -0.3 is 4.57 Å². The van der Waals surface area contributed by atoms with Crippen LogP contribution in [0.25, 0.3) is 22.2 Å². The zero-order valence-corrected chi connectivity index (χ0v) is 14.7. The van der Waals surface area contributed by atoms with Crippen molar-refractivity contribution in [3.05, 3.63) is 84.2 Å². The summed E-state index contributed by atoms with van der Waals surface area (Å²) >= 11 is 0. The SMILES string of the molecule is Cn1c(-c2cccnc2)cc2cnc(CCCc3ccc(F)cc3)cc21. The monoisotopic (exact) mass is 345 g/mol. The van der Waals surface area contributed by atoms with Gasteiger partial charge in [-0.15, -0.1) is 0 Å². The van der Waals surface area contributed by atoms with Crippen molar-refractivity contribution in [2.24, 2.45) is 7.05 Å². The first-order valence-corrected chi connectivity index (χ1v) is 8.80. The molecule has 4 rings (SSSR count). The second kappa shape index (κ2) is 7.08. The molecule has 0 aliphatic carbocycles. The molecule has 0 spiro atoms. The van der Waals surface area contributed by atoms with Crippen LogP contribution in [0.2, 0.25) is 0 Å². The highest BCUT2D eigenvalue weighted by atomic mass is 19.1. The fourth-order valence-corrected chi connectivity index (χ4v) is 3.33. The molecule has 0 saturated heterocycles. The lowest BCUT2D eigenvalue weighted by Gasteiger charge is -2.05. The smallest absolute Gasteiger partial charge is 0.123 e. The Morgan fingerprint density at radius 2 is 1.85 bits per heavy atom. The molecule has 130 valence electrons. The molecule has 0 unspecified atom stereocenters. The predicted molar refractivity (Wildman–Crippen MR) is 102 cm³/mol. The molecule has 0 fully saturated rings. The van der Waals surface area contributed by atoms with Crippen molar-refractivity contribution in [1.82, 2.24) is 14.5 Å². The molecular formula is C22H20FN3. The molecule has 0 radical (unpaired) electrons. The fourth-order valence-electron chi connectivity index (χ4n) is 3.33. The van der Waals surface area contributed by atoms with E-state index in [9.17, 15) is 4.39 Å². The van der Waals surface area contributed by atoms with Crippen molar-refractivity contribution < 1.29 is 4.39 Å². The minimum absolute atomic E-state index is 0.186. The predicted octanol–water partition coefficient (Wildman–Crippen LogP) is 4.95. The molecule has 0 amide bonds. The van der Waals surface area contributed by atoms with Crippen molar-refractivity contribution in [3.63, 3.8) is 0 Å². The van der Waals surface area contributed by atoms with Gasteiger partial charge >= 0.3 is 0 Å². The molecule has 4 heteroatoms. The average molecular weight is 345 g/mol. The zero-order valence-electron chi connectivity index (χ0n) is 14.7. The summed E-state index contributed by atoms with van der Waals surface area (Å²) in [7, 11) is 2.08. The van der Waals surface area contributed by atoms with Crippen molar-refractivity contribution in [1.29, 1.82) is 0 Å². The minimum Gasteiger partial charge on any atom is -0.343 e. The molecule has 3 nitrogen and oxygen atoms in total. The molecule has 26 heavy (non-hydrogen) atoms. The maximum Gasteiger partial charge on any atom is 0.123 e. The molecule has 0 atom stereocenters. The van der Waals surface area contributed by atoms with Crippen LogP contribution in [0.5, 0.6) is 0 Å². The van der Waals surface area contributed by atoms with Gasteiger partial charge in [-0.25, -0.2) is 4.39 Å². The van der Waals surface area contributed by atoms with E-state index in [1.54, 1.807) is 6.20 Å². The number of pyridine rings is 2. The third-order valence-corrected chi connectivity index (χ3v) is 4.75. The first-order chi connectivity index (χ1) is 12.7. The van der Waals surface area contributed by atoms with E-state index in [0.29, 0.717) is 0 Å². The Morgan fingerprint density at radius 1 is 1.00 bits per heavy atom.